The molecule has 1 atom stereocenters. The lowest BCUT2D eigenvalue weighted by atomic mass is 9.81. The second-order valence-corrected chi connectivity index (χ2v) is 7.86. The molecule has 0 saturated carbocycles. The minimum absolute atomic E-state index is 0.141. The fourth-order valence-electron chi connectivity index (χ4n) is 3.75. The van der Waals surface area contributed by atoms with Crippen LogP contribution in [0.15, 0.2) is 77.3 Å². The molecule has 0 fully saturated rings. The molecule has 2 aromatic carbocycles. The first-order valence-corrected chi connectivity index (χ1v) is 10.5. The highest BCUT2D eigenvalue weighted by molar-refractivity contribution is 6.30. The minimum Gasteiger partial charge on any atom is -0.462 e. The molecule has 0 bridgehead atoms. The zero-order chi connectivity index (χ0) is 22.4. The van der Waals surface area contributed by atoms with Crippen LogP contribution in [0.4, 0.5) is 0 Å². The van der Waals surface area contributed by atoms with Crippen molar-refractivity contribution in [3.63, 3.8) is 0 Å². The Bertz CT molecular complexity index is 1030. The maximum Gasteiger partial charge on any atom is 0.338 e. The number of aryl methyl sites for hydroxylation is 1. The molecule has 7 heteroatoms. The van der Waals surface area contributed by atoms with Gasteiger partial charge < -0.3 is 21.5 Å². The smallest absolute Gasteiger partial charge is 0.338 e. The average Bonchev–Trinajstić information content (AvgIpc) is 2.73. The first kappa shape index (κ1) is 22.4. The monoisotopic (exact) mass is 439 g/mol. The third-order valence-corrected chi connectivity index (χ3v) is 5.43. The van der Waals surface area contributed by atoms with Crippen molar-refractivity contribution >= 4 is 23.5 Å². The number of hydrogen-bond donors (Lipinski definition) is 3. The highest BCUT2D eigenvalue weighted by Gasteiger charge is 2.37. The Balaban J connectivity index is 1.74. The Morgan fingerprint density at radius 2 is 1.81 bits per heavy atom. The quantitative estimate of drug-likeness (QED) is 0.431. The number of benzene rings is 2. The molecule has 0 aromatic heterocycles. The van der Waals surface area contributed by atoms with E-state index in [0.717, 1.165) is 12.8 Å². The van der Waals surface area contributed by atoms with Gasteiger partial charge in [-0.05, 0) is 49.4 Å². The third kappa shape index (κ3) is 5.47. The fraction of sp³-hybridized carbons (Fsp3) is 0.250. The number of ether oxygens (including phenoxy) is 1. The summed E-state index contributed by atoms with van der Waals surface area (Å²) >= 11 is 6.15. The zero-order valence-corrected chi connectivity index (χ0v) is 18.1. The number of unbranched alkanes of at least 4 members (excludes halogenated alkanes) is 1. The van der Waals surface area contributed by atoms with Crippen LogP contribution in [0.25, 0.3) is 0 Å². The Morgan fingerprint density at radius 1 is 1.06 bits per heavy atom. The molecule has 0 aliphatic carbocycles. The van der Waals surface area contributed by atoms with Gasteiger partial charge in [0.25, 0.3) is 0 Å². The predicted octanol–water partition coefficient (Wildman–Crippen LogP) is 3.52. The van der Waals surface area contributed by atoms with Crippen LogP contribution in [0.2, 0.25) is 5.02 Å². The van der Waals surface area contributed by atoms with E-state index in [1.54, 1.807) is 31.2 Å². The summed E-state index contributed by atoms with van der Waals surface area (Å²) in [5.41, 5.74) is 14.6. The molecule has 0 spiro atoms. The summed E-state index contributed by atoms with van der Waals surface area (Å²) in [6.45, 7) is 1.94. The standard InChI is InChI=1S/C24H26ClN3O3/c1-15-19(23(27)29)20(17-11-7-12-18(25)14-17)21(22(26)28-15)24(30)31-13-6-5-10-16-8-3-2-4-9-16/h2-4,7-9,11-12,14,20,28H,5-6,10,13,26H2,1H3,(H2,27,29). The van der Waals surface area contributed by atoms with Crippen LogP contribution < -0.4 is 16.8 Å². The predicted molar refractivity (Wildman–Crippen MR) is 121 cm³/mol. The maximum absolute atomic E-state index is 13.0. The summed E-state index contributed by atoms with van der Waals surface area (Å²) in [5.74, 6) is -1.84. The molecule has 31 heavy (non-hydrogen) atoms. The van der Waals surface area contributed by atoms with Gasteiger partial charge in [0.15, 0.2) is 0 Å². The molecule has 0 radical (unpaired) electrons. The topological polar surface area (TPSA) is 107 Å². The molecule has 5 N–H and O–H groups in total. The van der Waals surface area contributed by atoms with Crippen LogP contribution in [0.1, 0.15) is 36.8 Å². The molecule has 1 heterocycles. The van der Waals surface area contributed by atoms with Gasteiger partial charge in [0.05, 0.1) is 18.1 Å². The number of nitrogens with two attached hydrogens (primary N) is 2. The van der Waals surface area contributed by atoms with Gasteiger partial charge in [-0.2, -0.15) is 0 Å². The number of carbonyl (C=O) groups is 2. The van der Waals surface area contributed by atoms with Gasteiger partial charge >= 0.3 is 5.97 Å². The van der Waals surface area contributed by atoms with Crippen LogP contribution in [-0.4, -0.2) is 18.5 Å². The van der Waals surface area contributed by atoms with Gasteiger partial charge in [-0.15, -0.1) is 0 Å². The second kappa shape index (κ2) is 10.2. The number of amides is 1. The Hall–Kier alpha value is -3.25. The van der Waals surface area contributed by atoms with Gasteiger partial charge in [-0.1, -0.05) is 54.1 Å². The van der Waals surface area contributed by atoms with Gasteiger partial charge in [0.1, 0.15) is 5.82 Å². The van der Waals surface area contributed by atoms with Crippen LogP contribution in [0.5, 0.6) is 0 Å². The van der Waals surface area contributed by atoms with Gasteiger partial charge in [0.2, 0.25) is 5.91 Å². The summed E-state index contributed by atoms with van der Waals surface area (Å²) in [6, 6.07) is 17.1. The molecule has 2 aromatic rings. The van der Waals surface area contributed by atoms with Crippen molar-refractivity contribution in [2.24, 2.45) is 11.5 Å². The SMILES string of the molecule is CC1=C(C(N)=O)C(c2cccc(Cl)c2)C(C(=O)OCCCCc2ccccc2)=C(N)N1. The van der Waals surface area contributed by atoms with Crippen molar-refractivity contribution in [2.75, 3.05) is 6.61 Å². The van der Waals surface area contributed by atoms with Gasteiger partial charge in [-0.3, -0.25) is 4.79 Å². The van der Waals surface area contributed by atoms with E-state index in [4.69, 9.17) is 27.8 Å². The van der Waals surface area contributed by atoms with Gasteiger partial charge in [-0.25, -0.2) is 4.79 Å². The van der Waals surface area contributed by atoms with Crippen LogP contribution in [0.3, 0.4) is 0 Å². The van der Waals surface area contributed by atoms with E-state index in [-0.39, 0.29) is 23.6 Å². The van der Waals surface area contributed by atoms with Crippen molar-refractivity contribution < 1.29 is 14.3 Å². The molecule has 162 valence electrons. The largest absolute Gasteiger partial charge is 0.462 e. The van der Waals surface area contributed by atoms with E-state index in [2.05, 4.69) is 17.4 Å². The number of dihydropyridines is 1. The summed E-state index contributed by atoms with van der Waals surface area (Å²) in [4.78, 5) is 25.2. The summed E-state index contributed by atoms with van der Waals surface area (Å²) in [6.07, 6.45) is 2.50. The van der Waals surface area contributed by atoms with Crippen molar-refractivity contribution in [3.05, 3.63) is 93.4 Å². The van der Waals surface area contributed by atoms with Crippen molar-refractivity contribution in [2.45, 2.75) is 32.1 Å². The highest BCUT2D eigenvalue weighted by Crippen LogP contribution is 2.38. The van der Waals surface area contributed by atoms with Crippen molar-refractivity contribution in [3.8, 4) is 0 Å². The Labute approximate surface area is 186 Å². The maximum atomic E-state index is 13.0. The van der Waals surface area contributed by atoms with E-state index in [9.17, 15) is 9.59 Å². The highest BCUT2D eigenvalue weighted by atomic mass is 35.5. The lowest BCUT2D eigenvalue weighted by Gasteiger charge is -2.29. The average molecular weight is 440 g/mol. The van der Waals surface area contributed by atoms with E-state index in [1.165, 1.54) is 5.56 Å². The molecule has 1 aliphatic rings. The molecule has 3 rings (SSSR count). The number of hydrogen-bond acceptors (Lipinski definition) is 5. The summed E-state index contributed by atoms with van der Waals surface area (Å²) < 4.78 is 5.51. The lowest BCUT2D eigenvalue weighted by Crippen LogP contribution is -2.37. The summed E-state index contributed by atoms with van der Waals surface area (Å²) in [5, 5.41) is 3.36. The second-order valence-electron chi connectivity index (χ2n) is 7.42. The number of halogens is 1. The first-order chi connectivity index (χ1) is 14.9. The summed E-state index contributed by atoms with van der Waals surface area (Å²) in [7, 11) is 0. The molecular formula is C24H26ClN3O3. The number of primary amides is 1. The first-order valence-electron chi connectivity index (χ1n) is 10.1. The number of nitrogens with one attached hydrogen (secondary N) is 1. The molecular weight excluding hydrogens is 414 g/mol. The number of allylic oxidation sites excluding steroid dienone is 1. The van der Waals surface area contributed by atoms with E-state index < -0.39 is 17.8 Å². The number of esters is 1. The Morgan fingerprint density at radius 3 is 2.48 bits per heavy atom. The zero-order valence-electron chi connectivity index (χ0n) is 17.4. The normalized spacial score (nSPS) is 16.1. The van der Waals surface area contributed by atoms with Crippen LogP contribution in [0, 0.1) is 0 Å². The van der Waals surface area contributed by atoms with Crippen molar-refractivity contribution in [1.82, 2.24) is 5.32 Å². The molecule has 0 saturated heterocycles. The lowest BCUT2D eigenvalue weighted by molar-refractivity contribution is -0.139. The third-order valence-electron chi connectivity index (χ3n) is 5.20. The molecule has 6 nitrogen and oxygen atoms in total. The minimum atomic E-state index is -0.755. The molecule has 1 aliphatic heterocycles. The molecule has 1 amide bonds. The van der Waals surface area contributed by atoms with Crippen molar-refractivity contribution in [1.29, 1.82) is 0 Å². The van der Waals surface area contributed by atoms with E-state index >= 15 is 0 Å². The van der Waals surface area contributed by atoms with Crippen LogP contribution in [-0.2, 0) is 20.7 Å². The fourth-order valence-corrected chi connectivity index (χ4v) is 3.94. The number of carbonyl (C=O) groups excluding carboxylic acids is 2. The van der Waals surface area contributed by atoms with Crippen LogP contribution >= 0.6 is 11.6 Å². The Kier molecular flexibility index (Phi) is 7.36. The van der Waals surface area contributed by atoms with Gasteiger partial charge in [0, 0.05) is 16.3 Å². The number of rotatable bonds is 8. The van der Waals surface area contributed by atoms with E-state index in [0.29, 0.717) is 22.7 Å². The molecule has 1 unspecified atom stereocenters. The van der Waals surface area contributed by atoms with E-state index in [1.807, 2.05) is 18.2 Å².